The minimum Gasteiger partial charge on any atom is -0.484 e. The van der Waals surface area contributed by atoms with E-state index in [2.05, 4.69) is 57.4 Å². The lowest BCUT2D eigenvalue weighted by atomic mass is 9.94. The Bertz CT molecular complexity index is 976. The Kier molecular flexibility index (Phi) is 4.70. The highest BCUT2D eigenvalue weighted by Gasteiger charge is 2.57. The zero-order valence-corrected chi connectivity index (χ0v) is 16.9. The minimum atomic E-state index is -0.0736. The topological polar surface area (TPSA) is 82.5 Å². The van der Waals surface area contributed by atoms with Gasteiger partial charge in [-0.3, -0.25) is 0 Å². The third-order valence-corrected chi connectivity index (χ3v) is 6.78. The summed E-state index contributed by atoms with van der Waals surface area (Å²) in [4.78, 5) is 5.10. The summed E-state index contributed by atoms with van der Waals surface area (Å²) in [5, 5.41) is 6.93. The van der Waals surface area contributed by atoms with Crippen molar-refractivity contribution in [3.63, 3.8) is 0 Å². The Balaban J connectivity index is 1.33. The smallest absolute Gasteiger partial charge is 0.179 e. The molecule has 0 radical (unpaired) electrons. The molecule has 0 spiro atoms. The van der Waals surface area contributed by atoms with Gasteiger partial charge in [-0.1, -0.05) is 17.2 Å². The summed E-state index contributed by atoms with van der Waals surface area (Å²) in [6.45, 7) is 3.96. The number of piperidine rings is 1. The number of hydrogen-bond donors (Lipinski definition) is 2. The molecule has 2 unspecified atom stereocenters. The molecule has 0 amide bonds. The summed E-state index contributed by atoms with van der Waals surface area (Å²) in [6.07, 6.45) is 2.24. The van der Waals surface area contributed by atoms with E-state index >= 15 is 0 Å². The Labute approximate surface area is 175 Å². The molecular formula is C21H23N5O2S. The Hall–Kier alpha value is -2.54. The molecular weight excluding hydrogens is 386 g/mol. The number of nitrogens with one attached hydrogen (secondary N) is 1. The van der Waals surface area contributed by atoms with E-state index in [1.165, 1.54) is 28.8 Å². The SMILES string of the molecule is [N-]=[N+]=NCOc1cc2c(cc1OS)CN(c1ccc(C34CNCC3C4)cc1)CC2. The standard InChI is InChI=1S/C21H23N5O2S/c22-25-24-13-27-19-7-14-5-6-26(11-15(14)8-20(19)28-29)18-3-1-16(2-4-18)21-9-17(21)10-23-12-21/h1-4,7-8,17,23,29H,5-6,9-13H2. The van der Waals surface area contributed by atoms with Gasteiger partial charge in [0.25, 0.3) is 0 Å². The van der Waals surface area contributed by atoms with Crippen LogP contribution in [0.25, 0.3) is 10.4 Å². The van der Waals surface area contributed by atoms with Crippen molar-refractivity contribution in [1.29, 1.82) is 0 Å². The van der Waals surface area contributed by atoms with Crippen LogP contribution in [0.15, 0.2) is 41.5 Å². The number of rotatable bonds is 6. The minimum absolute atomic E-state index is 0.0736. The summed E-state index contributed by atoms with van der Waals surface area (Å²) < 4.78 is 10.7. The Morgan fingerprint density at radius 2 is 2.07 bits per heavy atom. The van der Waals surface area contributed by atoms with Crippen molar-refractivity contribution in [1.82, 2.24) is 5.32 Å². The molecule has 150 valence electrons. The van der Waals surface area contributed by atoms with Crippen molar-refractivity contribution >= 4 is 18.6 Å². The van der Waals surface area contributed by atoms with Gasteiger partial charge in [-0.2, -0.15) is 0 Å². The van der Waals surface area contributed by atoms with E-state index in [0.29, 0.717) is 16.9 Å². The van der Waals surface area contributed by atoms with E-state index in [-0.39, 0.29) is 6.73 Å². The largest absolute Gasteiger partial charge is 0.484 e. The highest BCUT2D eigenvalue weighted by atomic mass is 32.1. The van der Waals surface area contributed by atoms with Crippen LogP contribution in [0.2, 0.25) is 0 Å². The van der Waals surface area contributed by atoms with E-state index in [9.17, 15) is 0 Å². The number of nitrogens with zero attached hydrogens (tertiary/aromatic N) is 4. The van der Waals surface area contributed by atoms with E-state index in [1.807, 2.05) is 12.1 Å². The van der Waals surface area contributed by atoms with E-state index in [1.54, 1.807) is 0 Å². The van der Waals surface area contributed by atoms with Gasteiger partial charge in [-0.05, 0) is 71.8 Å². The first-order chi connectivity index (χ1) is 14.2. The maximum atomic E-state index is 8.42. The lowest BCUT2D eigenvalue weighted by molar-refractivity contribution is 0.320. The highest BCUT2D eigenvalue weighted by molar-refractivity contribution is 7.75. The van der Waals surface area contributed by atoms with Crippen molar-refractivity contribution in [3.05, 3.63) is 63.5 Å². The van der Waals surface area contributed by atoms with Crippen LogP contribution in [0, 0.1) is 5.92 Å². The third-order valence-electron chi connectivity index (χ3n) is 6.59. The number of thiol groups is 1. The quantitative estimate of drug-likeness (QED) is 0.249. The molecule has 7 nitrogen and oxygen atoms in total. The molecule has 1 saturated heterocycles. The molecule has 3 aliphatic rings. The molecule has 0 bridgehead atoms. The fourth-order valence-corrected chi connectivity index (χ4v) is 5.03. The monoisotopic (exact) mass is 409 g/mol. The Morgan fingerprint density at radius 1 is 1.24 bits per heavy atom. The summed E-state index contributed by atoms with van der Waals surface area (Å²) in [5.41, 5.74) is 14.0. The zero-order chi connectivity index (χ0) is 19.8. The first-order valence-corrected chi connectivity index (χ1v) is 10.3. The van der Waals surface area contributed by atoms with Gasteiger partial charge in [0, 0.05) is 48.6 Å². The molecule has 29 heavy (non-hydrogen) atoms. The molecule has 1 aliphatic carbocycles. The fraction of sp³-hybridized carbons (Fsp3) is 0.429. The number of azide groups is 1. The lowest BCUT2D eigenvalue weighted by Crippen LogP contribution is -2.30. The molecule has 2 aromatic carbocycles. The van der Waals surface area contributed by atoms with Gasteiger partial charge in [0.15, 0.2) is 18.2 Å². The zero-order valence-electron chi connectivity index (χ0n) is 16.0. The average molecular weight is 410 g/mol. The summed E-state index contributed by atoms with van der Waals surface area (Å²) >= 11 is 3.95. The van der Waals surface area contributed by atoms with E-state index in [4.69, 9.17) is 14.5 Å². The van der Waals surface area contributed by atoms with Crippen molar-refractivity contribution in [2.24, 2.45) is 11.0 Å². The molecule has 8 heteroatoms. The molecule has 2 fully saturated rings. The second kappa shape index (κ2) is 7.37. The van der Waals surface area contributed by atoms with Crippen LogP contribution < -0.4 is 19.1 Å². The molecule has 5 rings (SSSR count). The van der Waals surface area contributed by atoms with Gasteiger partial charge in [-0.15, -0.1) is 0 Å². The van der Waals surface area contributed by atoms with E-state index < -0.39 is 0 Å². The second-order valence-electron chi connectivity index (χ2n) is 8.07. The predicted molar refractivity (Wildman–Crippen MR) is 115 cm³/mol. The summed E-state index contributed by atoms with van der Waals surface area (Å²) in [7, 11) is 0. The first-order valence-electron chi connectivity index (χ1n) is 9.90. The third kappa shape index (κ3) is 3.27. The van der Waals surface area contributed by atoms with Gasteiger partial charge < -0.3 is 19.1 Å². The van der Waals surface area contributed by atoms with Crippen molar-refractivity contribution in [3.8, 4) is 11.5 Å². The van der Waals surface area contributed by atoms with Gasteiger partial charge >= 0.3 is 0 Å². The van der Waals surface area contributed by atoms with Gasteiger partial charge in [0.1, 0.15) is 0 Å². The normalized spacial score (nSPS) is 24.3. The van der Waals surface area contributed by atoms with Gasteiger partial charge in [0.05, 0.1) is 0 Å². The van der Waals surface area contributed by atoms with Gasteiger partial charge in [-0.25, -0.2) is 0 Å². The first kappa shape index (κ1) is 18.5. The number of fused-ring (bicyclic) bond motifs is 2. The number of hydrogen-bond acceptors (Lipinski definition) is 6. The van der Waals surface area contributed by atoms with Crippen LogP contribution in [0.1, 0.15) is 23.1 Å². The number of ether oxygens (including phenoxy) is 1. The van der Waals surface area contributed by atoms with Crippen LogP contribution in [0.3, 0.4) is 0 Å². The van der Waals surface area contributed by atoms with Crippen LogP contribution in [0.5, 0.6) is 11.5 Å². The van der Waals surface area contributed by atoms with Crippen LogP contribution in [0.4, 0.5) is 5.69 Å². The van der Waals surface area contributed by atoms with Crippen LogP contribution in [-0.4, -0.2) is 26.4 Å². The average Bonchev–Trinajstić information content (AvgIpc) is 3.33. The number of benzene rings is 2. The maximum absolute atomic E-state index is 8.42. The molecule has 2 heterocycles. The van der Waals surface area contributed by atoms with Crippen molar-refractivity contribution < 1.29 is 8.92 Å². The van der Waals surface area contributed by atoms with Crippen LogP contribution >= 0.6 is 12.9 Å². The second-order valence-corrected chi connectivity index (χ2v) is 8.25. The molecule has 1 N–H and O–H groups in total. The predicted octanol–water partition coefficient (Wildman–Crippen LogP) is 3.98. The van der Waals surface area contributed by atoms with E-state index in [0.717, 1.165) is 38.5 Å². The van der Waals surface area contributed by atoms with Crippen LogP contribution in [-0.2, 0) is 18.4 Å². The molecule has 2 atom stereocenters. The van der Waals surface area contributed by atoms with Crippen molar-refractivity contribution in [2.75, 3.05) is 31.3 Å². The maximum Gasteiger partial charge on any atom is 0.179 e. The lowest BCUT2D eigenvalue weighted by Gasteiger charge is -2.31. The molecule has 2 aromatic rings. The molecule has 1 saturated carbocycles. The molecule has 0 aromatic heterocycles. The van der Waals surface area contributed by atoms with Crippen molar-refractivity contribution in [2.45, 2.75) is 24.8 Å². The Morgan fingerprint density at radius 3 is 2.76 bits per heavy atom. The fourth-order valence-electron chi connectivity index (χ4n) is 4.89. The summed E-state index contributed by atoms with van der Waals surface area (Å²) in [5.74, 6) is 1.91. The van der Waals surface area contributed by atoms with Gasteiger partial charge in [0.2, 0.25) is 0 Å². The molecule has 2 aliphatic heterocycles. The highest BCUT2D eigenvalue weighted by Crippen LogP contribution is 2.56. The number of anilines is 1. The summed E-state index contributed by atoms with van der Waals surface area (Å²) in [6, 6.07) is 13.1.